The molecule has 1 aromatic carbocycles. The zero-order valence-electron chi connectivity index (χ0n) is 12.5. The molecule has 0 aliphatic heterocycles. The van der Waals surface area contributed by atoms with E-state index < -0.39 is 11.7 Å². The predicted octanol–water partition coefficient (Wildman–Crippen LogP) is 4.17. The SMILES string of the molecule is Cc1cc(C(=O)NCC#Cc2cccc(C(F)(F)F)c2)c(C)s1. The summed E-state index contributed by atoms with van der Waals surface area (Å²) in [5.41, 5.74) is 0.128. The van der Waals surface area contributed by atoms with Crippen LogP contribution >= 0.6 is 11.3 Å². The van der Waals surface area contributed by atoms with Gasteiger partial charge < -0.3 is 5.32 Å². The van der Waals surface area contributed by atoms with Gasteiger partial charge in [0.25, 0.3) is 5.91 Å². The summed E-state index contributed by atoms with van der Waals surface area (Å²) >= 11 is 1.53. The Hall–Kier alpha value is -2.26. The van der Waals surface area contributed by atoms with E-state index in [0.717, 1.165) is 21.9 Å². The van der Waals surface area contributed by atoms with Crippen molar-refractivity contribution in [2.75, 3.05) is 6.54 Å². The minimum atomic E-state index is -4.39. The average Bonchev–Trinajstić information content (AvgIpc) is 2.82. The average molecular weight is 337 g/mol. The first kappa shape index (κ1) is 17.1. The predicted molar refractivity (Wildman–Crippen MR) is 84.4 cm³/mol. The highest BCUT2D eigenvalue weighted by Crippen LogP contribution is 2.29. The summed E-state index contributed by atoms with van der Waals surface area (Å²) in [5.74, 6) is 5.05. The summed E-state index contributed by atoms with van der Waals surface area (Å²) in [6, 6.07) is 6.59. The molecule has 120 valence electrons. The van der Waals surface area contributed by atoms with Crippen molar-refractivity contribution in [1.82, 2.24) is 5.32 Å². The summed E-state index contributed by atoms with van der Waals surface area (Å²) in [7, 11) is 0. The number of hydrogen-bond donors (Lipinski definition) is 1. The highest BCUT2D eigenvalue weighted by molar-refractivity contribution is 7.12. The molecule has 0 bridgehead atoms. The van der Waals surface area contributed by atoms with Crippen LogP contribution in [0.3, 0.4) is 0 Å². The van der Waals surface area contributed by atoms with Gasteiger partial charge in [0.1, 0.15) is 0 Å². The maximum atomic E-state index is 12.6. The smallest absolute Gasteiger partial charge is 0.341 e. The number of amides is 1. The minimum absolute atomic E-state index is 0.0728. The van der Waals surface area contributed by atoms with Gasteiger partial charge in [0.2, 0.25) is 0 Å². The van der Waals surface area contributed by atoms with Crippen LogP contribution in [0.5, 0.6) is 0 Å². The fourth-order valence-corrected chi connectivity index (χ4v) is 2.92. The first-order valence-electron chi connectivity index (χ1n) is 6.79. The van der Waals surface area contributed by atoms with Crippen molar-refractivity contribution in [3.63, 3.8) is 0 Å². The quantitative estimate of drug-likeness (QED) is 0.819. The number of hydrogen-bond acceptors (Lipinski definition) is 2. The molecule has 0 aliphatic carbocycles. The van der Waals surface area contributed by atoms with E-state index in [0.29, 0.717) is 5.56 Å². The highest BCUT2D eigenvalue weighted by atomic mass is 32.1. The molecule has 2 rings (SSSR count). The monoisotopic (exact) mass is 337 g/mol. The molecule has 0 spiro atoms. The van der Waals surface area contributed by atoms with E-state index in [1.54, 1.807) is 6.07 Å². The molecule has 1 aromatic heterocycles. The molecule has 1 amide bonds. The topological polar surface area (TPSA) is 29.1 Å². The molecule has 0 aliphatic rings. The number of rotatable bonds is 2. The lowest BCUT2D eigenvalue weighted by Gasteiger charge is -2.05. The second-order valence-corrected chi connectivity index (χ2v) is 6.35. The first-order valence-corrected chi connectivity index (χ1v) is 7.60. The van der Waals surface area contributed by atoms with Crippen LogP contribution < -0.4 is 5.32 Å². The molecular weight excluding hydrogens is 323 g/mol. The van der Waals surface area contributed by atoms with Gasteiger partial charge in [-0.15, -0.1) is 11.3 Å². The molecule has 0 atom stereocenters. The first-order chi connectivity index (χ1) is 10.8. The van der Waals surface area contributed by atoms with Crippen molar-refractivity contribution in [2.24, 2.45) is 0 Å². The summed E-state index contributed by atoms with van der Waals surface area (Å²) in [5, 5.41) is 2.64. The van der Waals surface area contributed by atoms with Gasteiger partial charge in [-0.25, -0.2) is 0 Å². The molecule has 6 heteroatoms. The molecule has 2 aromatic rings. The Morgan fingerprint density at radius 1 is 1.26 bits per heavy atom. The van der Waals surface area contributed by atoms with Crippen LogP contribution in [0.4, 0.5) is 13.2 Å². The maximum absolute atomic E-state index is 12.6. The largest absolute Gasteiger partial charge is 0.416 e. The minimum Gasteiger partial charge on any atom is -0.341 e. The van der Waals surface area contributed by atoms with E-state index in [9.17, 15) is 18.0 Å². The Bertz CT molecular complexity index is 781. The third-order valence-electron chi connectivity index (χ3n) is 3.05. The van der Waals surface area contributed by atoms with Gasteiger partial charge in [-0.05, 0) is 38.1 Å². The highest BCUT2D eigenvalue weighted by Gasteiger charge is 2.30. The number of thiophene rings is 1. The van der Waals surface area contributed by atoms with Crippen LogP contribution in [0.15, 0.2) is 30.3 Å². The molecule has 2 nitrogen and oxygen atoms in total. The number of aryl methyl sites for hydroxylation is 2. The molecular formula is C17H14F3NOS. The van der Waals surface area contributed by atoms with Gasteiger partial charge in [-0.3, -0.25) is 4.79 Å². The summed E-state index contributed by atoms with van der Waals surface area (Å²) in [6.45, 7) is 3.85. The lowest BCUT2D eigenvalue weighted by Crippen LogP contribution is -2.23. The zero-order valence-corrected chi connectivity index (χ0v) is 13.4. The van der Waals surface area contributed by atoms with Gasteiger partial charge in [-0.1, -0.05) is 17.9 Å². The number of alkyl halides is 3. The number of halogens is 3. The zero-order chi connectivity index (χ0) is 17.0. The molecule has 23 heavy (non-hydrogen) atoms. The van der Waals surface area contributed by atoms with Gasteiger partial charge >= 0.3 is 6.18 Å². The molecule has 0 saturated carbocycles. The summed E-state index contributed by atoms with van der Waals surface area (Å²) < 4.78 is 37.8. The van der Waals surface area contributed by atoms with E-state index in [1.165, 1.54) is 23.5 Å². The number of nitrogens with one attached hydrogen (secondary N) is 1. The van der Waals surface area contributed by atoms with E-state index >= 15 is 0 Å². The summed E-state index contributed by atoms with van der Waals surface area (Å²) in [6.07, 6.45) is -4.39. The van der Waals surface area contributed by atoms with E-state index in [4.69, 9.17) is 0 Å². The Labute approximate surface area is 136 Å². The Balaban J connectivity index is 1.99. The number of carbonyl (C=O) groups excluding carboxylic acids is 1. The third-order valence-corrected chi connectivity index (χ3v) is 4.01. The van der Waals surface area contributed by atoms with Crippen molar-refractivity contribution in [2.45, 2.75) is 20.0 Å². The van der Waals surface area contributed by atoms with Crippen LogP contribution in [0.1, 0.15) is 31.2 Å². The standard InChI is InChI=1S/C17H14F3NOS/c1-11-9-15(12(2)23-11)16(22)21-8-4-6-13-5-3-7-14(10-13)17(18,19)20/h3,5,7,9-10H,8H2,1-2H3,(H,21,22). The van der Waals surface area contributed by atoms with Crippen LogP contribution in [-0.4, -0.2) is 12.5 Å². The Morgan fingerprint density at radius 3 is 2.61 bits per heavy atom. The van der Waals surface area contributed by atoms with Gasteiger partial charge in [-0.2, -0.15) is 13.2 Å². The van der Waals surface area contributed by atoms with Crippen LogP contribution in [0, 0.1) is 25.7 Å². The Morgan fingerprint density at radius 2 is 2.00 bits per heavy atom. The molecule has 0 fully saturated rings. The van der Waals surface area contributed by atoms with Crippen molar-refractivity contribution >= 4 is 17.2 Å². The fourth-order valence-electron chi connectivity index (χ4n) is 2.00. The van der Waals surface area contributed by atoms with E-state index in [2.05, 4.69) is 17.2 Å². The number of benzene rings is 1. The normalized spacial score (nSPS) is 10.8. The van der Waals surface area contributed by atoms with E-state index in [-0.39, 0.29) is 18.0 Å². The van der Waals surface area contributed by atoms with Crippen molar-refractivity contribution in [1.29, 1.82) is 0 Å². The van der Waals surface area contributed by atoms with Crippen molar-refractivity contribution < 1.29 is 18.0 Å². The molecule has 0 saturated heterocycles. The second-order valence-electron chi connectivity index (χ2n) is 4.89. The molecule has 1 N–H and O–H groups in total. The van der Waals surface area contributed by atoms with Gasteiger partial charge in [0.15, 0.2) is 0 Å². The van der Waals surface area contributed by atoms with Gasteiger partial charge in [0, 0.05) is 15.3 Å². The maximum Gasteiger partial charge on any atom is 0.416 e. The fraction of sp³-hybridized carbons (Fsp3) is 0.235. The molecule has 0 unspecified atom stereocenters. The van der Waals surface area contributed by atoms with Crippen LogP contribution in [0.2, 0.25) is 0 Å². The van der Waals surface area contributed by atoms with Crippen LogP contribution in [0.25, 0.3) is 0 Å². The Kier molecular flexibility index (Phi) is 5.12. The van der Waals surface area contributed by atoms with Crippen molar-refractivity contribution in [3.05, 3.63) is 56.8 Å². The molecule has 1 heterocycles. The van der Waals surface area contributed by atoms with Crippen molar-refractivity contribution in [3.8, 4) is 11.8 Å². The second kappa shape index (κ2) is 6.88. The third kappa shape index (κ3) is 4.60. The van der Waals surface area contributed by atoms with E-state index in [1.807, 2.05) is 13.8 Å². The van der Waals surface area contributed by atoms with Gasteiger partial charge in [0.05, 0.1) is 17.7 Å². The lowest BCUT2D eigenvalue weighted by atomic mass is 10.1. The summed E-state index contributed by atoms with van der Waals surface area (Å²) in [4.78, 5) is 13.9. The molecule has 0 radical (unpaired) electrons. The van der Waals surface area contributed by atoms with Crippen LogP contribution in [-0.2, 0) is 6.18 Å². The number of carbonyl (C=O) groups is 1. The lowest BCUT2D eigenvalue weighted by molar-refractivity contribution is -0.137.